The molecule has 2 aromatic carbocycles. The summed E-state index contributed by atoms with van der Waals surface area (Å²) in [5, 5.41) is 16.2. The van der Waals surface area contributed by atoms with Crippen LogP contribution in [-0.4, -0.2) is 52.1 Å². The number of ether oxygens (including phenoxy) is 1. The summed E-state index contributed by atoms with van der Waals surface area (Å²) in [4.78, 5) is 4.76. The van der Waals surface area contributed by atoms with E-state index >= 15 is 0 Å². The van der Waals surface area contributed by atoms with E-state index in [9.17, 15) is 5.11 Å². The van der Waals surface area contributed by atoms with E-state index < -0.39 is 5.60 Å². The van der Waals surface area contributed by atoms with Crippen molar-refractivity contribution in [1.29, 1.82) is 0 Å². The summed E-state index contributed by atoms with van der Waals surface area (Å²) in [5.74, 6) is 1.50. The summed E-state index contributed by atoms with van der Waals surface area (Å²) >= 11 is 0. The third-order valence-corrected chi connectivity index (χ3v) is 7.49. The lowest BCUT2D eigenvalue weighted by Gasteiger charge is -2.51. The molecule has 1 aromatic heterocycles. The van der Waals surface area contributed by atoms with Gasteiger partial charge in [-0.15, -0.1) is 0 Å². The minimum absolute atomic E-state index is 0.270. The summed E-state index contributed by atoms with van der Waals surface area (Å²) in [7, 11) is 0. The summed E-state index contributed by atoms with van der Waals surface area (Å²) in [6, 6.07) is 19.1. The van der Waals surface area contributed by atoms with Gasteiger partial charge in [0, 0.05) is 18.8 Å². The van der Waals surface area contributed by atoms with Crippen molar-refractivity contribution in [3.63, 3.8) is 0 Å². The molecule has 2 bridgehead atoms. The summed E-state index contributed by atoms with van der Waals surface area (Å²) in [6.45, 7) is 8.73. The van der Waals surface area contributed by atoms with Crippen molar-refractivity contribution in [3.05, 3.63) is 95.2 Å². The number of hydrogen-bond donors (Lipinski definition) is 1. The van der Waals surface area contributed by atoms with Gasteiger partial charge in [-0.05, 0) is 25.0 Å². The maximum Gasteiger partial charge on any atom is 0.282 e. The number of aromatic nitrogens is 2. The van der Waals surface area contributed by atoms with Gasteiger partial charge in [-0.1, -0.05) is 77.5 Å². The van der Waals surface area contributed by atoms with Crippen LogP contribution in [0.3, 0.4) is 0 Å². The third kappa shape index (κ3) is 4.45. The van der Waals surface area contributed by atoms with E-state index in [4.69, 9.17) is 14.2 Å². The number of rotatable bonds is 8. The van der Waals surface area contributed by atoms with Crippen molar-refractivity contribution >= 4 is 0 Å². The molecule has 6 rings (SSSR count). The monoisotopic (exact) mass is 460 g/mol. The van der Waals surface area contributed by atoms with Gasteiger partial charge >= 0.3 is 0 Å². The normalized spacial score (nSPS) is 24.2. The van der Waals surface area contributed by atoms with E-state index in [0.717, 1.165) is 24.1 Å². The zero-order valence-corrected chi connectivity index (χ0v) is 20.1. The lowest BCUT2D eigenvalue weighted by Crippen LogP contribution is -2.63. The molecular weight excluding hydrogens is 426 g/mol. The van der Waals surface area contributed by atoms with Crippen LogP contribution in [0.4, 0.5) is 0 Å². The van der Waals surface area contributed by atoms with Crippen LogP contribution in [0.15, 0.2) is 76.8 Å². The van der Waals surface area contributed by atoms with Crippen molar-refractivity contribution in [3.8, 4) is 0 Å². The second-order valence-corrected chi connectivity index (χ2v) is 10.1. The number of aliphatic hydroxyl groups is 1. The predicted molar refractivity (Wildman–Crippen MR) is 130 cm³/mol. The smallest absolute Gasteiger partial charge is 0.282 e. The molecule has 6 heteroatoms. The Morgan fingerprint density at radius 2 is 1.68 bits per heavy atom. The van der Waals surface area contributed by atoms with Crippen molar-refractivity contribution in [1.82, 2.24) is 10.1 Å². The second kappa shape index (κ2) is 9.45. The van der Waals surface area contributed by atoms with Crippen molar-refractivity contribution in [2.45, 2.75) is 44.9 Å². The molecule has 1 atom stereocenters. The quantitative estimate of drug-likeness (QED) is 0.397. The van der Waals surface area contributed by atoms with Crippen molar-refractivity contribution < 1.29 is 18.8 Å². The first-order valence-electron chi connectivity index (χ1n) is 12.3. The van der Waals surface area contributed by atoms with Crippen LogP contribution >= 0.6 is 0 Å². The zero-order valence-electron chi connectivity index (χ0n) is 20.1. The van der Waals surface area contributed by atoms with E-state index in [1.54, 1.807) is 0 Å². The van der Waals surface area contributed by atoms with Crippen molar-refractivity contribution in [2.24, 2.45) is 5.92 Å². The standard InChI is InChI=1S/C28H34N3O3/c1-21(2)15-18-33-25-19-31(16-13-22(25)14-17-31)20-26-29-27(30-34-26)28(32,23-9-5-3-6-10-23)24-11-7-4-8-12-24/h3-12,15,22,25,32H,13-14,16-20H2,1-2H3/q+1/t22?,25-,31?/m0/s1. The largest absolute Gasteiger partial charge is 0.373 e. The fourth-order valence-corrected chi connectivity index (χ4v) is 5.51. The fourth-order valence-electron chi connectivity index (χ4n) is 5.51. The maximum absolute atomic E-state index is 11.9. The van der Waals surface area contributed by atoms with Gasteiger partial charge < -0.3 is 18.8 Å². The molecule has 3 saturated heterocycles. The molecule has 6 nitrogen and oxygen atoms in total. The Bertz CT molecular complexity index is 1070. The molecule has 1 N–H and O–H groups in total. The average Bonchev–Trinajstić information content (AvgIpc) is 3.33. The Morgan fingerprint density at radius 1 is 1.06 bits per heavy atom. The SMILES string of the molecule is CC(C)=CCO[C@H]1C[N+]2(Cc3nc(C(O)(c4ccccc4)c4ccccc4)no3)CCC1CC2. The average molecular weight is 461 g/mol. The lowest BCUT2D eigenvalue weighted by molar-refractivity contribution is -0.959. The van der Waals surface area contributed by atoms with Gasteiger partial charge in [0.25, 0.3) is 5.89 Å². The van der Waals surface area contributed by atoms with E-state index in [1.165, 1.54) is 18.4 Å². The van der Waals surface area contributed by atoms with Gasteiger partial charge in [-0.3, -0.25) is 0 Å². The molecule has 4 heterocycles. The molecule has 0 spiro atoms. The van der Waals surface area contributed by atoms with Gasteiger partial charge in [-0.25, -0.2) is 0 Å². The highest BCUT2D eigenvalue weighted by molar-refractivity contribution is 5.41. The molecule has 34 heavy (non-hydrogen) atoms. The van der Waals surface area contributed by atoms with Crippen LogP contribution in [0.25, 0.3) is 0 Å². The van der Waals surface area contributed by atoms with Crippen LogP contribution in [-0.2, 0) is 16.9 Å². The Hall–Kier alpha value is -2.80. The molecule has 0 radical (unpaired) electrons. The molecule has 0 unspecified atom stereocenters. The lowest BCUT2D eigenvalue weighted by atomic mass is 9.83. The number of piperidine rings is 3. The molecule has 3 aliphatic rings. The second-order valence-electron chi connectivity index (χ2n) is 10.1. The number of allylic oxidation sites excluding steroid dienone is 1. The Morgan fingerprint density at radius 3 is 2.26 bits per heavy atom. The van der Waals surface area contributed by atoms with E-state index in [0.29, 0.717) is 36.1 Å². The van der Waals surface area contributed by atoms with Crippen LogP contribution in [0.5, 0.6) is 0 Å². The van der Waals surface area contributed by atoms with Crippen LogP contribution in [0.1, 0.15) is 49.5 Å². The minimum atomic E-state index is -1.48. The van der Waals surface area contributed by atoms with Crippen LogP contribution in [0, 0.1) is 5.92 Å². The first kappa shape index (κ1) is 23.0. The first-order valence-corrected chi connectivity index (χ1v) is 12.3. The highest BCUT2D eigenvalue weighted by Gasteiger charge is 2.48. The van der Waals surface area contributed by atoms with E-state index in [-0.39, 0.29) is 11.9 Å². The maximum atomic E-state index is 11.9. The number of nitrogens with zero attached hydrogens (tertiary/aromatic N) is 3. The first-order chi connectivity index (χ1) is 16.5. The summed E-state index contributed by atoms with van der Waals surface area (Å²) in [6.07, 6.45) is 4.75. The van der Waals surface area contributed by atoms with Crippen LogP contribution < -0.4 is 0 Å². The zero-order chi connectivity index (χ0) is 23.6. The Labute approximate surface area is 201 Å². The van der Waals surface area contributed by atoms with Gasteiger partial charge in [0.15, 0.2) is 12.1 Å². The summed E-state index contributed by atoms with van der Waals surface area (Å²) < 4.78 is 12.9. The van der Waals surface area contributed by atoms with Gasteiger partial charge in [0.2, 0.25) is 5.82 Å². The van der Waals surface area contributed by atoms with Gasteiger partial charge in [-0.2, -0.15) is 4.98 Å². The van der Waals surface area contributed by atoms with Gasteiger partial charge in [0.05, 0.1) is 19.7 Å². The highest BCUT2D eigenvalue weighted by atomic mass is 16.5. The predicted octanol–water partition coefficient (Wildman–Crippen LogP) is 4.45. The van der Waals surface area contributed by atoms with Crippen LogP contribution in [0.2, 0.25) is 0 Å². The Balaban J connectivity index is 1.39. The molecule has 0 aliphatic carbocycles. The fraction of sp³-hybridized carbons (Fsp3) is 0.429. The molecule has 0 saturated carbocycles. The number of hydrogen-bond acceptors (Lipinski definition) is 5. The molecular formula is C28H34N3O3+. The topological polar surface area (TPSA) is 68.4 Å². The molecule has 3 fully saturated rings. The van der Waals surface area contributed by atoms with Gasteiger partial charge in [0.1, 0.15) is 12.6 Å². The van der Waals surface area contributed by atoms with E-state index in [1.807, 2.05) is 60.7 Å². The number of quaternary nitrogens is 1. The summed E-state index contributed by atoms with van der Waals surface area (Å²) in [5.41, 5.74) is 1.24. The van der Waals surface area contributed by atoms with E-state index in [2.05, 4.69) is 25.1 Å². The number of fused-ring (bicyclic) bond motifs is 3. The third-order valence-electron chi connectivity index (χ3n) is 7.49. The minimum Gasteiger partial charge on any atom is -0.373 e. The molecule has 3 aromatic rings. The number of benzene rings is 2. The Kier molecular flexibility index (Phi) is 6.38. The molecule has 3 aliphatic heterocycles. The highest BCUT2D eigenvalue weighted by Crippen LogP contribution is 2.38. The molecule has 0 amide bonds. The molecule has 178 valence electrons. The van der Waals surface area contributed by atoms with Crippen molar-refractivity contribution in [2.75, 3.05) is 26.2 Å².